The van der Waals surface area contributed by atoms with Gasteiger partial charge < -0.3 is 4.57 Å². The van der Waals surface area contributed by atoms with E-state index in [2.05, 4.69) is 74.3 Å². The summed E-state index contributed by atoms with van der Waals surface area (Å²) in [7, 11) is 0. The summed E-state index contributed by atoms with van der Waals surface area (Å²) in [6, 6.07) is 8.78. The zero-order chi connectivity index (χ0) is 19.1. The van der Waals surface area contributed by atoms with Gasteiger partial charge in [0.15, 0.2) is 0 Å². The Hall–Kier alpha value is -2.61. The molecule has 26 heavy (non-hydrogen) atoms. The Morgan fingerprint density at radius 1 is 1.15 bits per heavy atom. The Morgan fingerprint density at radius 3 is 2.50 bits per heavy atom. The van der Waals surface area contributed by atoms with Gasteiger partial charge in [0.1, 0.15) is 0 Å². The van der Waals surface area contributed by atoms with Gasteiger partial charge in [0.2, 0.25) is 0 Å². The third-order valence-corrected chi connectivity index (χ3v) is 4.51. The lowest BCUT2D eigenvalue weighted by atomic mass is 9.90. The molecule has 0 saturated carbocycles. The molecule has 1 atom stereocenters. The van der Waals surface area contributed by atoms with Crippen LogP contribution in [0.15, 0.2) is 85.4 Å². The molecule has 0 saturated heterocycles. The summed E-state index contributed by atoms with van der Waals surface area (Å²) in [6.45, 7) is 18.7. The molecule has 0 spiro atoms. The van der Waals surface area contributed by atoms with Crippen LogP contribution in [0.1, 0.15) is 51.6 Å². The number of benzene rings is 1. The van der Waals surface area contributed by atoms with Crippen molar-refractivity contribution in [3.05, 3.63) is 91.0 Å². The van der Waals surface area contributed by atoms with E-state index in [-0.39, 0.29) is 6.04 Å². The highest BCUT2D eigenvalue weighted by atomic mass is 15.1. The number of aromatic nitrogens is 2. The molecule has 0 radical (unpaired) electrons. The van der Waals surface area contributed by atoms with Gasteiger partial charge in [-0.25, -0.2) is 4.98 Å². The Labute approximate surface area is 158 Å². The second kappa shape index (κ2) is 9.19. The average Bonchev–Trinajstić information content (AvgIpc) is 3.22. The fraction of sp³-hybridized carbons (Fsp3) is 0.292. The average molecular weight is 347 g/mol. The van der Waals surface area contributed by atoms with Crippen LogP contribution in [0.25, 0.3) is 11.3 Å². The van der Waals surface area contributed by atoms with E-state index in [9.17, 15) is 0 Å². The lowest BCUT2D eigenvalue weighted by Crippen LogP contribution is -2.07. The zero-order valence-corrected chi connectivity index (χ0v) is 16.3. The molecule has 0 bridgehead atoms. The molecule has 1 unspecified atom stereocenters. The van der Waals surface area contributed by atoms with E-state index < -0.39 is 0 Å². The number of hydrogen-bond donors (Lipinski definition) is 0. The quantitative estimate of drug-likeness (QED) is 0.520. The summed E-state index contributed by atoms with van der Waals surface area (Å²) in [6.07, 6.45) is 10.7. The molecule has 1 aromatic carbocycles. The number of imidazole rings is 1. The molecule has 0 aliphatic carbocycles. The van der Waals surface area contributed by atoms with Crippen LogP contribution in [0.2, 0.25) is 0 Å². The van der Waals surface area contributed by atoms with Crippen molar-refractivity contribution in [2.45, 2.75) is 46.1 Å². The Morgan fingerprint density at radius 2 is 1.85 bits per heavy atom. The van der Waals surface area contributed by atoms with E-state index in [1.165, 1.54) is 23.2 Å². The van der Waals surface area contributed by atoms with Crippen molar-refractivity contribution >= 4 is 0 Å². The fourth-order valence-corrected chi connectivity index (χ4v) is 3.28. The first-order chi connectivity index (χ1) is 12.6. The van der Waals surface area contributed by atoms with Crippen molar-refractivity contribution in [3.63, 3.8) is 0 Å². The van der Waals surface area contributed by atoms with Gasteiger partial charge in [0, 0.05) is 5.56 Å². The van der Waals surface area contributed by atoms with Gasteiger partial charge in [-0.2, -0.15) is 0 Å². The molecule has 2 aromatic rings. The van der Waals surface area contributed by atoms with Crippen LogP contribution >= 0.6 is 0 Å². The summed E-state index contributed by atoms with van der Waals surface area (Å²) in [5, 5.41) is 0. The van der Waals surface area contributed by atoms with E-state index in [0.29, 0.717) is 0 Å². The van der Waals surface area contributed by atoms with Crippen LogP contribution in [0.4, 0.5) is 0 Å². The van der Waals surface area contributed by atoms with Crippen LogP contribution in [-0.2, 0) is 0 Å². The highest BCUT2D eigenvalue weighted by Crippen LogP contribution is 2.42. The van der Waals surface area contributed by atoms with Crippen LogP contribution in [0, 0.1) is 0 Å². The highest BCUT2D eigenvalue weighted by molar-refractivity contribution is 5.69. The van der Waals surface area contributed by atoms with Crippen molar-refractivity contribution in [1.29, 1.82) is 0 Å². The van der Waals surface area contributed by atoms with Gasteiger partial charge in [-0.15, -0.1) is 0 Å². The lowest BCUT2D eigenvalue weighted by molar-refractivity contribution is 0.608. The SMILES string of the molecule is C=C/C=C(\C(=C)CC)C(=C)CC1c2ccccc2-c2cncn21.CCC. The van der Waals surface area contributed by atoms with Gasteiger partial charge in [0.05, 0.1) is 24.3 Å². The standard InChI is InChI=1S/C21H22N2.C3H8/c1-5-9-17(15(3)6-2)16(4)12-20-18-10-7-8-11-19(18)21-13-22-14-23(20)21;1-3-2/h5,7-11,13-14,20H,1,3-4,6,12H2,2H3;3H2,1-2H3/b17-9+;. The summed E-state index contributed by atoms with van der Waals surface area (Å²) in [4.78, 5) is 4.32. The summed E-state index contributed by atoms with van der Waals surface area (Å²) < 4.78 is 2.25. The van der Waals surface area contributed by atoms with Crippen LogP contribution in [-0.4, -0.2) is 9.55 Å². The molecule has 0 fully saturated rings. The first-order valence-corrected chi connectivity index (χ1v) is 9.39. The highest BCUT2D eigenvalue weighted by Gasteiger charge is 2.28. The van der Waals surface area contributed by atoms with E-state index in [0.717, 1.165) is 29.6 Å². The van der Waals surface area contributed by atoms with E-state index in [1.54, 1.807) is 0 Å². The minimum absolute atomic E-state index is 0.245. The molecule has 1 aromatic heterocycles. The van der Waals surface area contributed by atoms with Gasteiger partial charge in [-0.05, 0) is 35.1 Å². The molecule has 136 valence electrons. The van der Waals surface area contributed by atoms with Crippen LogP contribution < -0.4 is 0 Å². The Balaban J connectivity index is 0.000000758. The largest absolute Gasteiger partial charge is 0.323 e. The van der Waals surface area contributed by atoms with Crippen molar-refractivity contribution in [2.24, 2.45) is 0 Å². The molecular weight excluding hydrogens is 316 g/mol. The maximum absolute atomic E-state index is 4.33. The summed E-state index contributed by atoms with van der Waals surface area (Å²) >= 11 is 0. The monoisotopic (exact) mass is 346 g/mol. The minimum Gasteiger partial charge on any atom is -0.323 e. The number of nitrogens with zero attached hydrogens (tertiary/aromatic N) is 2. The molecule has 1 aliphatic rings. The number of allylic oxidation sites excluding steroid dienone is 5. The van der Waals surface area contributed by atoms with Gasteiger partial charge in [-0.1, -0.05) is 83.3 Å². The van der Waals surface area contributed by atoms with Crippen LogP contribution in [0.5, 0.6) is 0 Å². The molecule has 1 aliphatic heterocycles. The second-order valence-electron chi connectivity index (χ2n) is 6.58. The van der Waals surface area contributed by atoms with Gasteiger partial charge in [0.25, 0.3) is 0 Å². The van der Waals surface area contributed by atoms with Crippen molar-refractivity contribution in [1.82, 2.24) is 9.55 Å². The third-order valence-electron chi connectivity index (χ3n) is 4.51. The smallest absolute Gasteiger partial charge is 0.0956 e. The third kappa shape index (κ3) is 3.96. The Bertz CT molecular complexity index is 820. The molecule has 0 N–H and O–H groups in total. The predicted molar refractivity (Wildman–Crippen MR) is 113 cm³/mol. The van der Waals surface area contributed by atoms with Gasteiger partial charge in [-0.3, -0.25) is 0 Å². The molecular formula is C24H30N2. The topological polar surface area (TPSA) is 17.8 Å². The number of fused-ring (bicyclic) bond motifs is 3. The minimum atomic E-state index is 0.245. The Kier molecular flexibility index (Phi) is 6.97. The summed E-state index contributed by atoms with van der Waals surface area (Å²) in [5.41, 5.74) is 7.11. The van der Waals surface area contributed by atoms with Crippen molar-refractivity contribution in [3.8, 4) is 11.3 Å². The maximum atomic E-state index is 4.33. The molecule has 2 nitrogen and oxygen atoms in total. The van der Waals surface area contributed by atoms with Crippen LogP contribution in [0.3, 0.4) is 0 Å². The van der Waals surface area contributed by atoms with E-state index in [1.807, 2.05) is 24.7 Å². The van der Waals surface area contributed by atoms with E-state index >= 15 is 0 Å². The number of hydrogen-bond acceptors (Lipinski definition) is 1. The number of rotatable bonds is 6. The molecule has 3 rings (SSSR count). The molecule has 2 heteroatoms. The summed E-state index contributed by atoms with van der Waals surface area (Å²) in [5.74, 6) is 0. The fourth-order valence-electron chi connectivity index (χ4n) is 3.28. The molecule has 0 amide bonds. The van der Waals surface area contributed by atoms with Crippen molar-refractivity contribution in [2.75, 3.05) is 0 Å². The zero-order valence-electron chi connectivity index (χ0n) is 16.3. The van der Waals surface area contributed by atoms with Crippen molar-refractivity contribution < 1.29 is 0 Å². The second-order valence-corrected chi connectivity index (χ2v) is 6.58. The molecule has 2 heterocycles. The first kappa shape index (κ1) is 19.7. The first-order valence-electron chi connectivity index (χ1n) is 9.39. The normalized spacial score (nSPS) is 14.7. The van der Waals surface area contributed by atoms with Gasteiger partial charge >= 0.3 is 0 Å². The maximum Gasteiger partial charge on any atom is 0.0956 e. The predicted octanol–water partition coefficient (Wildman–Crippen LogP) is 6.89. The lowest BCUT2D eigenvalue weighted by Gasteiger charge is -2.19. The van der Waals surface area contributed by atoms with E-state index in [4.69, 9.17) is 0 Å².